The molecule has 0 aliphatic heterocycles. The van der Waals surface area contributed by atoms with Crippen LogP contribution in [0.2, 0.25) is 0 Å². The van der Waals surface area contributed by atoms with Gasteiger partial charge >= 0.3 is 39.5 Å². The number of ether oxygens (including phenoxy) is 4. The van der Waals surface area contributed by atoms with Crippen LogP contribution < -0.4 is 0 Å². The van der Waals surface area contributed by atoms with Crippen molar-refractivity contribution < 1.29 is 80.2 Å². The average Bonchev–Trinajstić information content (AvgIpc) is 1.47. The summed E-state index contributed by atoms with van der Waals surface area (Å²) < 4.78 is 68.3. The van der Waals surface area contributed by atoms with E-state index in [0.29, 0.717) is 25.7 Å². The van der Waals surface area contributed by atoms with Crippen molar-refractivity contribution in [3.8, 4) is 0 Å². The van der Waals surface area contributed by atoms with Crippen LogP contribution in [0.4, 0.5) is 0 Å². The lowest BCUT2D eigenvalue weighted by Crippen LogP contribution is -2.30. The van der Waals surface area contributed by atoms with Crippen molar-refractivity contribution >= 4 is 39.5 Å². The number of carbonyl (C=O) groups is 4. The minimum absolute atomic E-state index is 0.106. The molecule has 0 saturated carbocycles. The van der Waals surface area contributed by atoms with E-state index in [-0.39, 0.29) is 25.7 Å². The number of phosphoric acid groups is 2. The van der Waals surface area contributed by atoms with E-state index in [2.05, 4.69) is 34.6 Å². The maximum atomic E-state index is 13.1. The third kappa shape index (κ3) is 70.3. The topological polar surface area (TPSA) is 237 Å². The minimum atomic E-state index is -4.95. The van der Waals surface area contributed by atoms with Gasteiger partial charge in [-0.05, 0) is 31.6 Å². The first kappa shape index (κ1) is 93.1. The van der Waals surface area contributed by atoms with Gasteiger partial charge in [0.05, 0.1) is 26.4 Å². The van der Waals surface area contributed by atoms with Crippen LogP contribution in [0, 0.1) is 5.92 Å². The summed E-state index contributed by atoms with van der Waals surface area (Å²) in [6, 6.07) is 0. The fraction of sp³-hybridized carbons (Fsp3) is 0.947. The second-order valence-electron chi connectivity index (χ2n) is 27.9. The van der Waals surface area contributed by atoms with Gasteiger partial charge in [-0.1, -0.05) is 349 Å². The Hall–Kier alpha value is -1.94. The van der Waals surface area contributed by atoms with Crippen LogP contribution in [-0.2, 0) is 65.4 Å². The molecule has 19 heteroatoms. The van der Waals surface area contributed by atoms with Gasteiger partial charge in [-0.15, -0.1) is 0 Å². The van der Waals surface area contributed by atoms with Crippen LogP contribution in [0.15, 0.2) is 0 Å². The highest BCUT2D eigenvalue weighted by Crippen LogP contribution is 2.45. The fourth-order valence-electron chi connectivity index (χ4n) is 11.7. The third-order valence-electron chi connectivity index (χ3n) is 17.8. The van der Waals surface area contributed by atoms with E-state index in [1.165, 1.54) is 218 Å². The van der Waals surface area contributed by atoms with Crippen LogP contribution in [0.1, 0.15) is 401 Å². The molecule has 2 unspecified atom stereocenters. The number of unbranched alkanes of at least 4 members (excludes halogenated alkanes) is 48. The quantitative estimate of drug-likeness (QED) is 0.0222. The molecule has 0 aromatic heterocycles. The highest BCUT2D eigenvalue weighted by atomic mass is 31.2. The Bertz CT molecular complexity index is 1820. The molecule has 0 aliphatic carbocycles. The standard InChI is InChI=1S/C76H148O17P2/c1-6-9-12-15-17-19-21-22-23-24-28-31-34-38-41-45-50-55-60-74(79)87-66-72(93-76(81)62-57-52-47-43-39-35-32-29-26-25-27-30-33-37-40-44-49-53-58-69(4)5)68-91-95(84,85)89-64-70(77)63-88-94(82,83)90-67-71(65-86-73(78)59-54-48-14-11-8-3)92-75(80)61-56-51-46-42-36-20-18-16-13-10-7-2/h69-72,77H,6-68H2,1-5H3,(H,82,83)(H,84,85)/t70-,71+,72+/m0/s1. The zero-order valence-corrected chi connectivity index (χ0v) is 63.6. The molecule has 95 heavy (non-hydrogen) atoms. The van der Waals surface area contributed by atoms with Gasteiger partial charge in [-0.2, -0.15) is 0 Å². The summed E-state index contributed by atoms with van der Waals surface area (Å²) >= 11 is 0. The molecule has 0 fully saturated rings. The number of carbonyl (C=O) groups excluding carboxylic acids is 4. The number of esters is 4. The zero-order chi connectivity index (χ0) is 69.8. The molecule has 0 aromatic rings. The van der Waals surface area contributed by atoms with Gasteiger partial charge in [0.15, 0.2) is 12.2 Å². The molecule has 0 bridgehead atoms. The molecule has 17 nitrogen and oxygen atoms in total. The largest absolute Gasteiger partial charge is 0.472 e. The first-order valence-electron chi connectivity index (χ1n) is 39.6. The first-order chi connectivity index (χ1) is 46.0. The maximum Gasteiger partial charge on any atom is 0.472 e. The monoisotopic (exact) mass is 1400 g/mol. The summed E-state index contributed by atoms with van der Waals surface area (Å²) in [6.45, 7) is 7.23. The zero-order valence-electron chi connectivity index (χ0n) is 61.8. The summed E-state index contributed by atoms with van der Waals surface area (Å²) in [5, 5.41) is 10.6. The van der Waals surface area contributed by atoms with E-state index in [4.69, 9.17) is 37.0 Å². The van der Waals surface area contributed by atoms with Gasteiger partial charge in [0.25, 0.3) is 0 Å². The normalized spacial score (nSPS) is 13.9. The molecule has 0 heterocycles. The molecular formula is C76H148O17P2. The number of rotatable bonds is 76. The van der Waals surface area contributed by atoms with Gasteiger partial charge < -0.3 is 33.8 Å². The molecule has 5 atom stereocenters. The van der Waals surface area contributed by atoms with Crippen molar-refractivity contribution in [2.24, 2.45) is 5.92 Å². The van der Waals surface area contributed by atoms with E-state index < -0.39 is 97.5 Å². The van der Waals surface area contributed by atoms with Crippen LogP contribution in [-0.4, -0.2) is 96.7 Å². The summed E-state index contributed by atoms with van der Waals surface area (Å²) in [7, 11) is -9.90. The Balaban J connectivity index is 5.11. The average molecular weight is 1400 g/mol. The van der Waals surface area contributed by atoms with Crippen molar-refractivity contribution in [3.05, 3.63) is 0 Å². The molecule has 0 spiro atoms. The predicted molar refractivity (Wildman–Crippen MR) is 386 cm³/mol. The first-order valence-corrected chi connectivity index (χ1v) is 42.6. The van der Waals surface area contributed by atoms with Crippen molar-refractivity contribution in [1.82, 2.24) is 0 Å². The van der Waals surface area contributed by atoms with Gasteiger partial charge in [-0.25, -0.2) is 9.13 Å². The Morgan fingerprint density at radius 2 is 0.484 bits per heavy atom. The summed E-state index contributed by atoms with van der Waals surface area (Å²) in [5.74, 6) is -1.31. The fourth-order valence-corrected chi connectivity index (χ4v) is 13.3. The Labute approximate surface area is 581 Å². The molecule has 564 valence electrons. The second-order valence-corrected chi connectivity index (χ2v) is 30.8. The smallest absolute Gasteiger partial charge is 0.462 e. The van der Waals surface area contributed by atoms with Crippen molar-refractivity contribution in [1.29, 1.82) is 0 Å². The molecule has 0 amide bonds. The Morgan fingerprint density at radius 1 is 0.284 bits per heavy atom. The van der Waals surface area contributed by atoms with Crippen LogP contribution in [0.5, 0.6) is 0 Å². The van der Waals surface area contributed by atoms with E-state index in [1.54, 1.807) is 0 Å². The number of hydrogen-bond donors (Lipinski definition) is 3. The van der Waals surface area contributed by atoms with E-state index >= 15 is 0 Å². The van der Waals surface area contributed by atoms with Crippen molar-refractivity contribution in [3.63, 3.8) is 0 Å². The van der Waals surface area contributed by atoms with Gasteiger partial charge in [0.1, 0.15) is 19.3 Å². The lowest BCUT2D eigenvalue weighted by Gasteiger charge is -2.21. The van der Waals surface area contributed by atoms with Crippen LogP contribution in [0.3, 0.4) is 0 Å². The molecule has 0 aromatic carbocycles. The predicted octanol–water partition coefficient (Wildman–Crippen LogP) is 22.5. The number of aliphatic hydroxyl groups excluding tert-OH is 1. The SMILES string of the molecule is CCCCCCCCCCCCCCCCCCCCC(=O)OC[C@H](COP(=O)(O)OC[C@@H](O)COP(=O)(O)OC[C@@H](COC(=O)CCCCCCC)OC(=O)CCCCCCCCCCCCC)OC(=O)CCCCCCCCCCCCCCCCCCCCC(C)C. The summed E-state index contributed by atoms with van der Waals surface area (Å²) in [4.78, 5) is 72.5. The lowest BCUT2D eigenvalue weighted by molar-refractivity contribution is -0.161. The lowest BCUT2D eigenvalue weighted by atomic mass is 10.0. The number of hydrogen-bond acceptors (Lipinski definition) is 15. The molecular weight excluding hydrogens is 1250 g/mol. The van der Waals surface area contributed by atoms with E-state index in [9.17, 15) is 43.2 Å². The van der Waals surface area contributed by atoms with E-state index in [1.807, 2.05) is 0 Å². The van der Waals surface area contributed by atoms with Gasteiger partial charge in [-0.3, -0.25) is 37.3 Å². The second kappa shape index (κ2) is 69.2. The third-order valence-corrected chi connectivity index (χ3v) is 19.7. The minimum Gasteiger partial charge on any atom is -0.462 e. The number of aliphatic hydroxyl groups is 1. The van der Waals surface area contributed by atoms with Crippen molar-refractivity contribution in [2.45, 2.75) is 419 Å². The Kier molecular flexibility index (Phi) is 67.7. The van der Waals surface area contributed by atoms with Crippen LogP contribution >= 0.6 is 15.6 Å². The van der Waals surface area contributed by atoms with E-state index in [0.717, 1.165) is 102 Å². The molecule has 0 saturated heterocycles. The van der Waals surface area contributed by atoms with Crippen molar-refractivity contribution in [2.75, 3.05) is 39.6 Å². The molecule has 0 radical (unpaired) electrons. The molecule has 0 rings (SSSR count). The summed E-state index contributed by atoms with van der Waals surface area (Å²) in [5.41, 5.74) is 0. The highest BCUT2D eigenvalue weighted by Gasteiger charge is 2.30. The maximum absolute atomic E-state index is 13.1. The van der Waals surface area contributed by atoms with Crippen LogP contribution in [0.25, 0.3) is 0 Å². The highest BCUT2D eigenvalue weighted by molar-refractivity contribution is 7.47. The van der Waals surface area contributed by atoms with Gasteiger partial charge in [0, 0.05) is 25.7 Å². The van der Waals surface area contributed by atoms with Gasteiger partial charge in [0.2, 0.25) is 0 Å². The Morgan fingerprint density at radius 3 is 0.716 bits per heavy atom. The molecule has 3 N–H and O–H groups in total. The molecule has 0 aliphatic rings. The number of phosphoric ester groups is 2. The summed E-state index contributed by atoms with van der Waals surface area (Å²) in [6.07, 6.45) is 58.8.